The van der Waals surface area contributed by atoms with Crippen LogP contribution in [0.15, 0.2) is 24.3 Å². The predicted molar refractivity (Wildman–Crippen MR) is 89.4 cm³/mol. The number of nitro groups is 1. The first-order valence-corrected chi connectivity index (χ1v) is 7.34. The van der Waals surface area contributed by atoms with Crippen LogP contribution in [-0.4, -0.2) is 28.9 Å². The monoisotopic (exact) mass is 327 g/mol. The number of nitro benzene ring substituents is 1. The van der Waals surface area contributed by atoms with Crippen molar-refractivity contribution in [1.29, 1.82) is 5.26 Å². The minimum Gasteiger partial charge on any atom is -0.358 e. The molecule has 8 heteroatoms. The molecule has 1 amide bonds. The van der Waals surface area contributed by atoms with E-state index in [-0.39, 0.29) is 23.1 Å². The number of nitriles is 1. The maximum atomic E-state index is 12.0. The summed E-state index contributed by atoms with van der Waals surface area (Å²) in [5.41, 5.74) is 0.596. The molecule has 0 bridgehead atoms. The topological polar surface area (TPSA) is 121 Å². The molecule has 1 heterocycles. The number of rotatable bonds is 5. The Morgan fingerprint density at radius 1 is 1.38 bits per heavy atom. The molecule has 0 radical (unpaired) electrons. The zero-order valence-corrected chi connectivity index (χ0v) is 13.5. The second kappa shape index (κ2) is 6.91. The molecular weight excluding hydrogens is 310 g/mol. The van der Waals surface area contributed by atoms with Gasteiger partial charge in [0.15, 0.2) is 0 Å². The van der Waals surface area contributed by atoms with E-state index in [9.17, 15) is 20.2 Å². The number of anilines is 1. The third-order valence-electron chi connectivity index (χ3n) is 3.62. The normalized spacial score (nSPS) is 11.8. The maximum absolute atomic E-state index is 12.0. The molecule has 0 spiro atoms. The summed E-state index contributed by atoms with van der Waals surface area (Å²) in [4.78, 5) is 26.7. The molecule has 1 atom stereocenters. The van der Waals surface area contributed by atoms with Crippen molar-refractivity contribution in [3.05, 3.63) is 39.9 Å². The van der Waals surface area contributed by atoms with Gasteiger partial charge in [0.05, 0.1) is 22.1 Å². The number of nitrogens with one attached hydrogen (secondary N) is 2. The molecule has 2 rings (SSSR count). The molecule has 0 aliphatic heterocycles. The van der Waals surface area contributed by atoms with Crippen LogP contribution in [0.2, 0.25) is 0 Å². The van der Waals surface area contributed by atoms with E-state index in [4.69, 9.17) is 0 Å². The SMILES string of the molecule is CNC(=O)C(Nc1cc(C#N)c2cc([N+](=O)[O-])ccc2n1)C(C)C. The highest BCUT2D eigenvalue weighted by atomic mass is 16.6. The molecule has 2 N–H and O–H groups in total. The minimum absolute atomic E-state index is 0.00448. The molecule has 1 aromatic heterocycles. The van der Waals surface area contributed by atoms with Crippen LogP contribution in [0, 0.1) is 27.4 Å². The van der Waals surface area contributed by atoms with Gasteiger partial charge in [-0.1, -0.05) is 13.8 Å². The Labute approximate surface area is 138 Å². The Morgan fingerprint density at radius 3 is 2.62 bits per heavy atom. The van der Waals surface area contributed by atoms with Crippen LogP contribution < -0.4 is 10.6 Å². The fraction of sp³-hybridized carbons (Fsp3) is 0.312. The number of carbonyl (C=O) groups excluding carboxylic acids is 1. The van der Waals surface area contributed by atoms with Crippen molar-refractivity contribution in [1.82, 2.24) is 10.3 Å². The standard InChI is InChI=1S/C16H17N5O3/c1-9(2)15(16(22)18-3)20-14-6-10(8-17)12-7-11(21(23)24)4-5-13(12)19-14/h4-7,9,15H,1-3H3,(H,18,22)(H,19,20). The number of carbonyl (C=O) groups is 1. The summed E-state index contributed by atoms with van der Waals surface area (Å²) >= 11 is 0. The zero-order valence-electron chi connectivity index (χ0n) is 13.5. The number of hydrogen-bond donors (Lipinski definition) is 2. The van der Waals surface area contributed by atoms with Crippen molar-refractivity contribution in [2.75, 3.05) is 12.4 Å². The second-order valence-electron chi connectivity index (χ2n) is 5.61. The van der Waals surface area contributed by atoms with Crippen LogP contribution in [0.4, 0.5) is 11.5 Å². The van der Waals surface area contributed by atoms with Gasteiger partial charge in [-0.3, -0.25) is 14.9 Å². The van der Waals surface area contributed by atoms with Gasteiger partial charge in [0, 0.05) is 24.6 Å². The molecule has 24 heavy (non-hydrogen) atoms. The molecule has 0 saturated carbocycles. The average molecular weight is 327 g/mol. The highest BCUT2D eigenvalue weighted by Gasteiger charge is 2.22. The van der Waals surface area contributed by atoms with Gasteiger partial charge >= 0.3 is 0 Å². The Kier molecular flexibility index (Phi) is 4.94. The number of hydrogen-bond acceptors (Lipinski definition) is 6. The fourth-order valence-corrected chi connectivity index (χ4v) is 2.34. The van der Waals surface area contributed by atoms with Gasteiger partial charge in [0.25, 0.3) is 5.69 Å². The molecule has 0 fully saturated rings. The van der Waals surface area contributed by atoms with Crippen molar-refractivity contribution >= 4 is 28.3 Å². The van der Waals surface area contributed by atoms with Gasteiger partial charge in [-0.25, -0.2) is 4.98 Å². The van der Waals surface area contributed by atoms with E-state index in [1.165, 1.54) is 24.3 Å². The van der Waals surface area contributed by atoms with Crippen molar-refractivity contribution in [2.45, 2.75) is 19.9 Å². The quantitative estimate of drug-likeness (QED) is 0.641. The fourth-order valence-electron chi connectivity index (χ4n) is 2.34. The number of fused-ring (bicyclic) bond motifs is 1. The number of aromatic nitrogens is 1. The number of likely N-dealkylation sites (N-methyl/N-ethyl adjacent to an activating group) is 1. The molecule has 0 aliphatic rings. The first-order chi connectivity index (χ1) is 11.4. The molecule has 8 nitrogen and oxygen atoms in total. The lowest BCUT2D eigenvalue weighted by atomic mass is 10.0. The van der Waals surface area contributed by atoms with E-state index in [2.05, 4.69) is 15.6 Å². The third kappa shape index (κ3) is 3.41. The van der Waals surface area contributed by atoms with E-state index in [0.717, 1.165) is 0 Å². The Balaban J connectivity index is 2.50. The van der Waals surface area contributed by atoms with Gasteiger partial charge in [0.1, 0.15) is 11.9 Å². The highest BCUT2D eigenvalue weighted by molar-refractivity contribution is 5.89. The van der Waals surface area contributed by atoms with E-state index in [1.807, 2.05) is 19.9 Å². The smallest absolute Gasteiger partial charge is 0.270 e. The second-order valence-corrected chi connectivity index (χ2v) is 5.61. The van der Waals surface area contributed by atoms with Crippen LogP contribution in [0.5, 0.6) is 0 Å². The Hall–Kier alpha value is -3.21. The molecule has 2 aromatic rings. The van der Waals surface area contributed by atoms with Gasteiger partial charge in [-0.15, -0.1) is 0 Å². The number of nitrogens with zero attached hydrogens (tertiary/aromatic N) is 3. The number of non-ortho nitro benzene ring substituents is 1. The summed E-state index contributed by atoms with van der Waals surface area (Å²) in [6.07, 6.45) is 0. The first-order valence-electron chi connectivity index (χ1n) is 7.34. The lowest BCUT2D eigenvalue weighted by Gasteiger charge is -2.21. The van der Waals surface area contributed by atoms with Crippen LogP contribution >= 0.6 is 0 Å². The molecular formula is C16H17N5O3. The van der Waals surface area contributed by atoms with Crippen molar-refractivity contribution in [2.24, 2.45) is 5.92 Å². The summed E-state index contributed by atoms with van der Waals surface area (Å²) in [6, 6.07) is 7.14. The van der Waals surface area contributed by atoms with Crippen LogP contribution in [0.1, 0.15) is 19.4 Å². The van der Waals surface area contributed by atoms with E-state index < -0.39 is 11.0 Å². The van der Waals surface area contributed by atoms with Gasteiger partial charge < -0.3 is 10.6 Å². The number of amides is 1. The third-order valence-corrected chi connectivity index (χ3v) is 3.62. The van der Waals surface area contributed by atoms with Gasteiger partial charge in [0.2, 0.25) is 5.91 Å². The van der Waals surface area contributed by atoms with Crippen LogP contribution in [0.25, 0.3) is 10.9 Å². The lowest BCUT2D eigenvalue weighted by Crippen LogP contribution is -2.41. The lowest BCUT2D eigenvalue weighted by molar-refractivity contribution is -0.384. The minimum atomic E-state index is -0.521. The summed E-state index contributed by atoms with van der Waals surface area (Å²) in [6.45, 7) is 3.78. The van der Waals surface area contributed by atoms with Gasteiger partial charge in [-0.05, 0) is 18.1 Å². The molecule has 124 valence electrons. The summed E-state index contributed by atoms with van der Waals surface area (Å²) < 4.78 is 0. The highest BCUT2D eigenvalue weighted by Crippen LogP contribution is 2.25. The first kappa shape index (κ1) is 17.1. The largest absolute Gasteiger partial charge is 0.358 e. The molecule has 0 saturated heterocycles. The summed E-state index contributed by atoms with van der Waals surface area (Å²) in [7, 11) is 1.55. The molecule has 1 aromatic carbocycles. The number of pyridine rings is 1. The average Bonchev–Trinajstić information content (AvgIpc) is 2.57. The van der Waals surface area contributed by atoms with Gasteiger partial charge in [-0.2, -0.15) is 5.26 Å². The van der Waals surface area contributed by atoms with Crippen molar-refractivity contribution < 1.29 is 9.72 Å². The van der Waals surface area contributed by atoms with Crippen LogP contribution in [0.3, 0.4) is 0 Å². The molecule has 0 aliphatic carbocycles. The van der Waals surface area contributed by atoms with E-state index in [1.54, 1.807) is 7.05 Å². The number of benzene rings is 1. The summed E-state index contributed by atoms with van der Waals surface area (Å²) in [5, 5.41) is 26.2. The Morgan fingerprint density at radius 2 is 2.08 bits per heavy atom. The Bertz CT molecular complexity index is 841. The molecule has 1 unspecified atom stereocenters. The maximum Gasteiger partial charge on any atom is 0.270 e. The zero-order chi connectivity index (χ0) is 17.9. The van der Waals surface area contributed by atoms with Crippen molar-refractivity contribution in [3.63, 3.8) is 0 Å². The van der Waals surface area contributed by atoms with Crippen molar-refractivity contribution in [3.8, 4) is 6.07 Å². The predicted octanol–water partition coefficient (Wildman–Crippen LogP) is 2.20. The van der Waals surface area contributed by atoms with Crippen LogP contribution in [-0.2, 0) is 4.79 Å². The van der Waals surface area contributed by atoms with E-state index in [0.29, 0.717) is 16.7 Å². The van der Waals surface area contributed by atoms with E-state index >= 15 is 0 Å². The summed E-state index contributed by atoms with van der Waals surface area (Å²) in [5.74, 6) is 0.189.